The SMILES string of the molecule is O=C(O)c1ccc(N2CCN(C(=O)COCC3CCCO3)CC2)nc1. The van der Waals surface area contributed by atoms with Crippen LogP contribution in [0.1, 0.15) is 23.2 Å². The van der Waals surface area contributed by atoms with Gasteiger partial charge in [-0.15, -0.1) is 0 Å². The third-order valence-corrected chi connectivity index (χ3v) is 4.50. The zero-order valence-electron chi connectivity index (χ0n) is 14.1. The molecule has 136 valence electrons. The number of carboxylic acids is 1. The number of piperazine rings is 1. The lowest BCUT2D eigenvalue weighted by Gasteiger charge is -2.35. The summed E-state index contributed by atoms with van der Waals surface area (Å²) in [4.78, 5) is 31.1. The number of pyridine rings is 1. The Morgan fingerprint density at radius 1 is 1.28 bits per heavy atom. The second-order valence-corrected chi connectivity index (χ2v) is 6.23. The highest BCUT2D eigenvalue weighted by Gasteiger charge is 2.23. The van der Waals surface area contributed by atoms with Gasteiger partial charge in [-0.25, -0.2) is 9.78 Å². The molecule has 8 nitrogen and oxygen atoms in total. The molecule has 0 spiro atoms. The molecule has 2 aliphatic rings. The van der Waals surface area contributed by atoms with Gasteiger partial charge >= 0.3 is 5.97 Å². The first-order valence-electron chi connectivity index (χ1n) is 8.55. The zero-order valence-corrected chi connectivity index (χ0v) is 14.1. The summed E-state index contributed by atoms with van der Waals surface area (Å²) in [6.07, 6.45) is 3.55. The van der Waals surface area contributed by atoms with E-state index < -0.39 is 5.97 Å². The maximum atomic E-state index is 12.2. The van der Waals surface area contributed by atoms with Crippen molar-refractivity contribution in [2.45, 2.75) is 18.9 Å². The summed E-state index contributed by atoms with van der Waals surface area (Å²) in [6.45, 7) is 3.88. The van der Waals surface area contributed by atoms with E-state index in [2.05, 4.69) is 4.98 Å². The summed E-state index contributed by atoms with van der Waals surface area (Å²) in [5.41, 5.74) is 0.168. The predicted molar refractivity (Wildman–Crippen MR) is 89.8 cm³/mol. The fourth-order valence-corrected chi connectivity index (χ4v) is 3.03. The van der Waals surface area contributed by atoms with Crippen molar-refractivity contribution in [3.8, 4) is 0 Å². The largest absolute Gasteiger partial charge is 0.478 e. The van der Waals surface area contributed by atoms with Crippen molar-refractivity contribution in [3.63, 3.8) is 0 Å². The summed E-state index contributed by atoms with van der Waals surface area (Å²) < 4.78 is 10.9. The maximum absolute atomic E-state index is 12.2. The van der Waals surface area contributed by atoms with Gasteiger partial charge in [0.25, 0.3) is 0 Å². The van der Waals surface area contributed by atoms with Crippen molar-refractivity contribution in [3.05, 3.63) is 23.9 Å². The van der Waals surface area contributed by atoms with Gasteiger partial charge in [-0.05, 0) is 25.0 Å². The van der Waals surface area contributed by atoms with Gasteiger partial charge in [0.05, 0.1) is 18.3 Å². The van der Waals surface area contributed by atoms with E-state index in [1.807, 2.05) is 4.90 Å². The van der Waals surface area contributed by atoms with Gasteiger partial charge in [0.15, 0.2) is 0 Å². The van der Waals surface area contributed by atoms with Crippen LogP contribution in [0.5, 0.6) is 0 Å². The summed E-state index contributed by atoms with van der Waals surface area (Å²) in [6, 6.07) is 3.24. The van der Waals surface area contributed by atoms with Crippen LogP contribution in [-0.4, -0.2) is 79.0 Å². The molecule has 3 rings (SSSR count). The third kappa shape index (κ3) is 4.67. The van der Waals surface area contributed by atoms with Crippen molar-refractivity contribution in [1.29, 1.82) is 0 Å². The van der Waals surface area contributed by atoms with E-state index in [9.17, 15) is 9.59 Å². The topological polar surface area (TPSA) is 92.2 Å². The molecule has 25 heavy (non-hydrogen) atoms. The minimum atomic E-state index is -0.988. The Morgan fingerprint density at radius 3 is 2.68 bits per heavy atom. The number of ether oxygens (including phenoxy) is 2. The Bertz CT molecular complexity index is 593. The molecule has 0 bridgehead atoms. The van der Waals surface area contributed by atoms with Crippen LogP contribution in [0.3, 0.4) is 0 Å². The number of carbonyl (C=O) groups excluding carboxylic acids is 1. The van der Waals surface area contributed by atoms with Crippen molar-refractivity contribution in [2.24, 2.45) is 0 Å². The molecule has 1 atom stereocenters. The number of hydrogen-bond donors (Lipinski definition) is 1. The van der Waals surface area contributed by atoms with Crippen LogP contribution in [-0.2, 0) is 14.3 Å². The van der Waals surface area contributed by atoms with E-state index in [1.165, 1.54) is 6.20 Å². The Kier molecular flexibility index (Phi) is 5.83. The van der Waals surface area contributed by atoms with Gasteiger partial charge in [0.1, 0.15) is 12.4 Å². The number of anilines is 1. The molecule has 0 aromatic carbocycles. The van der Waals surface area contributed by atoms with Crippen molar-refractivity contribution in [2.75, 3.05) is 50.9 Å². The molecule has 8 heteroatoms. The van der Waals surface area contributed by atoms with Crippen molar-refractivity contribution < 1.29 is 24.2 Å². The second kappa shape index (κ2) is 8.26. The molecule has 0 radical (unpaired) electrons. The molecule has 0 aliphatic carbocycles. The molecule has 2 fully saturated rings. The number of nitrogens with zero attached hydrogens (tertiary/aromatic N) is 3. The fourth-order valence-electron chi connectivity index (χ4n) is 3.03. The molecule has 2 aliphatic heterocycles. The molecule has 1 aromatic heterocycles. The number of aromatic carboxylic acids is 1. The van der Waals surface area contributed by atoms with Gasteiger partial charge in [-0.3, -0.25) is 4.79 Å². The van der Waals surface area contributed by atoms with Crippen LogP contribution in [0.25, 0.3) is 0 Å². The normalized spacial score (nSPS) is 20.7. The molecule has 2 saturated heterocycles. The van der Waals surface area contributed by atoms with Gasteiger partial charge in [0, 0.05) is 39.0 Å². The van der Waals surface area contributed by atoms with E-state index in [0.29, 0.717) is 32.8 Å². The number of carboxylic acid groups (broad SMARTS) is 1. The Hall–Kier alpha value is -2.19. The molecule has 0 saturated carbocycles. The quantitative estimate of drug-likeness (QED) is 0.805. The molecule has 3 heterocycles. The second-order valence-electron chi connectivity index (χ2n) is 6.23. The Labute approximate surface area is 146 Å². The molecule has 1 amide bonds. The lowest BCUT2D eigenvalue weighted by atomic mass is 10.2. The average Bonchev–Trinajstić information content (AvgIpc) is 3.15. The Balaban J connectivity index is 1.41. The summed E-state index contributed by atoms with van der Waals surface area (Å²) >= 11 is 0. The zero-order chi connectivity index (χ0) is 17.6. The Morgan fingerprint density at radius 2 is 2.08 bits per heavy atom. The van der Waals surface area contributed by atoms with Crippen molar-refractivity contribution >= 4 is 17.7 Å². The lowest BCUT2D eigenvalue weighted by Crippen LogP contribution is -2.50. The summed E-state index contributed by atoms with van der Waals surface area (Å²) in [5, 5.41) is 8.90. The van der Waals surface area contributed by atoms with E-state index in [4.69, 9.17) is 14.6 Å². The number of carbonyl (C=O) groups is 2. The third-order valence-electron chi connectivity index (χ3n) is 4.50. The number of hydrogen-bond acceptors (Lipinski definition) is 6. The van der Waals surface area contributed by atoms with Crippen LogP contribution < -0.4 is 4.90 Å². The molecule has 1 N–H and O–H groups in total. The average molecular weight is 349 g/mol. The van der Waals surface area contributed by atoms with Crippen molar-refractivity contribution in [1.82, 2.24) is 9.88 Å². The molecular formula is C17H23N3O5. The monoisotopic (exact) mass is 349 g/mol. The van der Waals surface area contributed by atoms with E-state index >= 15 is 0 Å². The number of rotatable bonds is 6. The molecule has 1 unspecified atom stereocenters. The van der Waals surface area contributed by atoms with Crippen LogP contribution in [0.4, 0.5) is 5.82 Å². The highest BCUT2D eigenvalue weighted by Crippen LogP contribution is 2.15. The van der Waals surface area contributed by atoms with Gasteiger partial charge < -0.3 is 24.4 Å². The number of amides is 1. The van der Waals surface area contributed by atoms with E-state index in [-0.39, 0.29) is 24.2 Å². The minimum Gasteiger partial charge on any atom is -0.478 e. The van der Waals surface area contributed by atoms with Crippen LogP contribution in [0.15, 0.2) is 18.3 Å². The van der Waals surface area contributed by atoms with Gasteiger partial charge in [0.2, 0.25) is 5.91 Å². The van der Waals surface area contributed by atoms with Crippen LogP contribution in [0.2, 0.25) is 0 Å². The first-order valence-corrected chi connectivity index (χ1v) is 8.55. The van der Waals surface area contributed by atoms with E-state index in [1.54, 1.807) is 17.0 Å². The first-order chi connectivity index (χ1) is 12.1. The van der Waals surface area contributed by atoms with Crippen LogP contribution in [0, 0.1) is 0 Å². The molecular weight excluding hydrogens is 326 g/mol. The lowest BCUT2D eigenvalue weighted by molar-refractivity contribution is -0.137. The highest BCUT2D eigenvalue weighted by atomic mass is 16.5. The maximum Gasteiger partial charge on any atom is 0.337 e. The first kappa shape index (κ1) is 17.6. The standard InChI is InChI=1S/C17H23N3O5/c21-16(12-24-11-14-2-1-9-25-14)20-7-5-19(6-8-20)15-4-3-13(10-18-15)17(22)23/h3-4,10,14H,1-2,5-9,11-12H2,(H,22,23). The summed E-state index contributed by atoms with van der Waals surface area (Å²) in [7, 11) is 0. The van der Waals surface area contributed by atoms with Gasteiger partial charge in [-0.2, -0.15) is 0 Å². The predicted octanol–water partition coefficient (Wildman–Crippen LogP) is 0.624. The van der Waals surface area contributed by atoms with Gasteiger partial charge in [-0.1, -0.05) is 0 Å². The smallest absolute Gasteiger partial charge is 0.337 e. The highest BCUT2D eigenvalue weighted by molar-refractivity contribution is 5.87. The fraction of sp³-hybridized carbons (Fsp3) is 0.588. The van der Waals surface area contributed by atoms with Crippen LogP contribution >= 0.6 is 0 Å². The molecule has 1 aromatic rings. The van der Waals surface area contributed by atoms with E-state index in [0.717, 1.165) is 25.3 Å². The number of aromatic nitrogens is 1. The minimum absolute atomic E-state index is 0.00756. The summed E-state index contributed by atoms with van der Waals surface area (Å²) in [5.74, 6) is -0.268.